The van der Waals surface area contributed by atoms with Gasteiger partial charge in [0.25, 0.3) is 0 Å². The third-order valence-corrected chi connectivity index (χ3v) is 4.31. The summed E-state index contributed by atoms with van der Waals surface area (Å²) < 4.78 is 2.20. The van der Waals surface area contributed by atoms with Gasteiger partial charge in [-0.15, -0.1) is 0 Å². The fourth-order valence-electron chi connectivity index (χ4n) is 2.13. The molecule has 22 heavy (non-hydrogen) atoms. The zero-order valence-electron chi connectivity index (χ0n) is 12.2. The number of aromatic nitrogens is 2. The lowest BCUT2D eigenvalue weighted by Crippen LogP contribution is -1.97. The SMILES string of the molecule is CCCn1sc(=Nc2ccc(Cl)cc2)nc1-c1ccccc1. The molecule has 0 amide bonds. The van der Waals surface area contributed by atoms with Gasteiger partial charge in [0.05, 0.1) is 5.69 Å². The summed E-state index contributed by atoms with van der Waals surface area (Å²) in [4.78, 5) is 10.1. The van der Waals surface area contributed by atoms with Gasteiger partial charge in [0, 0.05) is 17.1 Å². The van der Waals surface area contributed by atoms with E-state index in [1.54, 1.807) is 11.5 Å². The number of aryl methyl sites for hydroxylation is 1. The van der Waals surface area contributed by atoms with E-state index in [1.807, 2.05) is 42.5 Å². The van der Waals surface area contributed by atoms with Gasteiger partial charge in [-0.05, 0) is 42.2 Å². The first-order valence-electron chi connectivity index (χ1n) is 7.20. The van der Waals surface area contributed by atoms with Gasteiger partial charge in [0.1, 0.15) is 0 Å². The highest BCUT2D eigenvalue weighted by Crippen LogP contribution is 2.19. The molecule has 0 bridgehead atoms. The van der Waals surface area contributed by atoms with Gasteiger partial charge in [-0.2, -0.15) is 4.98 Å². The molecule has 0 unspecified atom stereocenters. The highest BCUT2D eigenvalue weighted by molar-refractivity contribution is 7.03. The Morgan fingerprint density at radius 3 is 2.50 bits per heavy atom. The Balaban J connectivity index is 2.05. The Kier molecular flexibility index (Phi) is 4.71. The first-order valence-corrected chi connectivity index (χ1v) is 8.35. The lowest BCUT2D eigenvalue weighted by atomic mass is 10.2. The van der Waals surface area contributed by atoms with Crippen molar-refractivity contribution in [1.29, 1.82) is 0 Å². The molecule has 3 aromatic rings. The largest absolute Gasteiger partial charge is 0.278 e. The fraction of sp³-hybridized carbons (Fsp3) is 0.176. The summed E-state index contributed by atoms with van der Waals surface area (Å²) in [5.41, 5.74) is 1.98. The standard InChI is InChI=1S/C17H16ClN3S/c1-2-12-21-16(13-6-4-3-5-7-13)20-17(22-21)19-15-10-8-14(18)9-11-15/h3-11H,2,12H2,1H3. The van der Waals surface area contributed by atoms with E-state index in [0.29, 0.717) is 5.02 Å². The molecule has 112 valence electrons. The van der Waals surface area contributed by atoms with E-state index < -0.39 is 0 Å². The van der Waals surface area contributed by atoms with Crippen LogP contribution in [0.1, 0.15) is 13.3 Å². The minimum absolute atomic E-state index is 0.712. The Labute approximate surface area is 138 Å². The number of halogens is 1. The van der Waals surface area contributed by atoms with E-state index in [-0.39, 0.29) is 0 Å². The predicted octanol–water partition coefficient (Wildman–Crippen LogP) is 4.91. The van der Waals surface area contributed by atoms with Crippen molar-refractivity contribution in [1.82, 2.24) is 8.94 Å². The maximum atomic E-state index is 5.91. The lowest BCUT2D eigenvalue weighted by Gasteiger charge is -2.03. The van der Waals surface area contributed by atoms with Crippen LogP contribution in [0, 0.1) is 0 Å². The average molecular weight is 330 g/mol. The average Bonchev–Trinajstić information content (AvgIpc) is 2.93. The smallest absolute Gasteiger partial charge is 0.227 e. The summed E-state index contributed by atoms with van der Waals surface area (Å²) in [6, 6.07) is 17.7. The minimum atomic E-state index is 0.712. The maximum Gasteiger partial charge on any atom is 0.227 e. The Morgan fingerprint density at radius 1 is 1.09 bits per heavy atom. The monoisotopic (exact) mass is 329 g/mol. The molecule has 0 N–H and O–H groups in total. The van der Waals surface area contributed by atoms with Crippen LogP contribution in [0.3, 0.4) is 0 Å². The summed E-state index contributed by atoms with van der Waals surface area (Å²) in [5.74, 6) is 0.972. The zero-order valence-corrected chi connectivity index (χ0v) is 13.8. The summed E-state index contributed by atoms with van der Waals surface area (Å²) >= 11 is 7.49. The first kappa shape index (κ1) is 15.0. The Morgan fingerprint density at radius 2 is 1.82 bits per heavy atom. The molecule has 0 spiro atoms. The van der Waals surface area contributed by atoms with Crippen molar-refractivity contribution in [3.63, 3.8) is 0 Å². The van der Waals surface area contributed by atoms with Gasteiger partial charge < -0.3 is 0 Å². The van der Waals surface area contributed by atoms with Crippen molar-refractivity contribution in [2.45, 2.75) is 19.9 Å². The van der Waals surface area contributed by atoms with Crippen LogP contribution in [0.2, 0.25) is 5.02 Å². The van der Waals surface area contributed by atoms with Crippen molar-refractivity contribution in [2.24, 2.45) is 4.99 Å². The summed E-state index contributed by atoms with van der Waals surface area (Å²) in [6.07, 6.45) is 1.06. The quantitative estimate of drug-likeness (QED) is 0.669. The van der Waals surface area contributed by atoms with E-state index in [4.69, 9.17) is 16.6 Å². The molecule has 3 rings (SSSR count). The Bertz CT molecular complexity index is 804. The van der Waals surface area contributed by atoms with Gasteiger partial charge in [0.2, 0.25) is 4.80 Å². The number of nitrogens with zero attached hydrogens (tertiary/aromatic N) is 3. The molecular formula is C17H16ClN3S. The Hall–Kier alpha value is -1.91. The molecule has 3 nitrogen and oxygen atoms in total. The lowest BCUT2D eigenvalue weighted by molar-refractivity contribution is 0.731. The van der Waals surface area contributed by atoms with Crippen LogP contribution in [-0.4, -0.2) is 8.94 Å². The van der Waals surface area contributed by atoms with Gasteiger partial charge in [0.15, 0.2) is 5.82 Å². The number of rotatable bonds is 4. The van der Waals surface area contributed by atoms with E-state index in [0.717, 1.165) is 34.8 Å². The van der Waals surface area contributed by atoms with Crippen LogP contribution in [0.5, 0.6) is 0 Å². The second-order valence-corrected chi connectivity index (χ2v) is 6.29. The third-order valence-electron chi connectivity index (χ3n) is 3.14. The second-order valence-electron chi connectivity index (χ2n) is 4.87. The van der Waals surface area contributed by atoms with Crippen molar-refractivity contribution < 1.29 is 0 Å². The molecule has 0 aliphatic carbocycles. The molecule has 2 aromatic carbocycles. The van der Waals surface area contributed by atoms with Gasteiger partial charge >= 0.3 is 0 Å². The minimum Gasteiger partial charge on any atom is -0.278 e. The second kappa shape index (κ2) is 6.90. The molecule has 0 radical (unpaired) electrons. The van der Waals surface area contributed by atoms with Gasteiger partial charge in [-0.25, -0.2) is 4.99 Å². The normalized spacial score (nSPS) is 11.8. The van der Waals surface area contributed by atoms with Crippen molar-refractivity contribution in [3.05, 3.63) is 64.4 Å². The fourth-order valence-corrected chi connectivity index (χ4v) is 3.23. The van der Waals surface area contributed by atoms with E-state index >= 15 is 0 Å². The number of benzene rings is 2. The van der Waals surface area contributed by atoms with Crippen LogP contribution < -0.4 is 4.80 Å². The number of hydrogen-bond acceptors (Lipinski definition) is 3. The summed E-state index contributed by atoms with van der Waals surface area (Å²) in [5, 5.41) is 0.712. The van der Waals surface area contributed by atoms with Crippen LogP contribution in [0.15, 0.2) is 59.6 Å². The molecule has 0 aliphatic heterocycles. The molecule has 0 fully saturated rings. The number of hydrogen-bond donors (Lipinski definition) is 0. The van der Waals surface area contributed by atoms with Crippen LogP contribution in [-0.2, 0) is 6.54 Å². The zero-order chi connectivity index (χ0) is 15.4. The molecule has 0 atom stereocenters. The predicted molar refractivity (Wildman–Crippen MR) is 92.5 cm³/mol. The van der Waals surface area contributed by atoms with Crippen LogP contribution >= 0.6 is 23.1 Å². The molecule has 0 saturated carbocycles. The summed E-state index contributed by atoms with van der Waals surface area (Å²) in [6.45, 7) is 3.11. The molecule has 1 aromatic heterocycles. The van der Waals surface area contributed by atoms with Gasteiger partial charge in [-0.1, -0.05) is 48.9 Å². The molecular weight excluding hydrogens is 314 g/mol. The topological polar surface area (TPSA) is 30.2 Å². The first-order chi connectivity index (χ1) is 10.8. The van der Waals surface area contributed by atoms with Crippen molar-refractivity contribution in [3.8, 4) is 11.4 Å². The van der Waals surface area contributed by atoms with E-state index in [2.05, 4.69) is 28.0 Å². The highest BCUT2D eigenvalue weighted by atomic mass is 35.5. The molecule has 1 heterocycles. The van der Waals surface area contributed by atoms with Gasteiger partial charge in [-0.3, -0.25) is 3.96 Å². The van der Waals surface area contributed by atoms with Crippen LogP contribution in [0.25, 0.3) is 11.4 Å². The van der Waals surface area contributed by atoms with Crippen molar-refractivity contribution >= 4 is 28.8 Å². The van der Waals surface area contributed by atoms with E-state index in [9.17, 15) is 0 Å². The van der Waals surface area contributed by atoms with Crippen LogP contribution in [0.4, 0.5) is 5.69 Å². The third kappa shape index (κ3) is 3.46. The summed E-state index contributed by atoms with van der Waals surface area (Å²) in [7, 11) is 0. The molecule has 0 saturated heterocycles. The van der Waals surface area contributed by atoms with Crippen molar-refractivity contribution in [2.75, 3.05) is 0 Å². The molecule has 0 aliphatic rings. The maximum absolute atomic E-state index is 5.91. The van der Waals surface area contributed by atoms with E-state index in [1.165, 1.54) is 0 Å². The molecule has 5 heteroatoms. The highest BCUT2D eigenvalue weighted by Gasteiger charge is 2.08.